The number of hydrogen-bond acceptors (Lipinski definition) is 5. The number of carbonyl (C=O) groups excluding carboxylic acids is 3. The molecule has 9 heteroatoms. The van der Waals surface area contributed by atoms with Crippen LogP contribution < -0.4 is 16.0 Å². The summed E-state index contributed by atoms with van der Waals surface area (Å²) in [5.74, 6) is -0.744. The molecule has 3 N–H and O–H groups in total. The number of rotatable bonds is 7. The van der Waals surface area contributed by atoms with Gasteiger partial charge in [0.15, 0.2) is 0 Å². The second-order valence-corrected chi connectivity index (χ2v) is 9.73. The minimum atomic E-state index is -0.784. The second-order valence-electron chi connectivity index (χ2n) is 9.33. The van der Waals surface area contributed by atoms with Crippen LogP contribution in [0, 0.1) is 11.3 Å². The van der Waals surface area contributed by atoms with Crippen molar-refractivity contribution in [2.24, 2.45) is 0 Å². The smallest absolute Gasteiger partial charge is 0.338 e. The van der Waals surface area contributed by atoms with Gasteiger partial charge >= 0.3 is 12.0 Å². The van der Waals surface area contributed by atoms with Gasteiger partial charge in [-0.05, 0) is 65.8 Å². The fraction of sp³-hybridized carbons (Fsp3) is 0.200. The third-order valence-electron chi connectivity index (χ3n) is 6.79. The summed E-state index contributed by atoms with van der Waals surface area (Å²) < 4.78 is 5.70. The van der Waals surface area contributed by atoms with Crippen molar-refractivity contribution >= 4 is 29.5 Å². The molecule has 1 atom stereocenters. The predicted octanol–water partition coefficient (Wildman–Crippen LogP) is 4.48. The van der Waals surface area contributed by atoms with Gasteiger partial charge in [-0.1, -0.05) is 54.1 Å². The number of urea groups is 1. The third-order valence-corrected chi connectivity index (χ3v) is 7.16. The highest BCUT2D eigenvalue weighted by Crippen LogP contribution is 2.32. The number of hydrogen-bond donors (Lipinski definition) is 3. The van der Waals surface area contributed by atoms with Crippen molar-refractivity contribution < 1.29 is 19.1 Å². The predicted molar refractivity (Wildman–Crippen MR) is 145 cm³/mol. The van der Waals surface area contributed by atoms with Gasteiger partial charge in [-0.3, -0.25) is 4.79 Å². The second kappa shape index (κ2) is 11.4. The van der Waals surface area contributed by atoms with Crippen LogP contribution >= 0.6 is 11.6 Å². The summed E-state index contributed by atoms with van der Waals surface area (Å²) in [7, 11) is 0. The Morgan fingerprint density at radius 1 is 1.05 bits per heavy atom. The Hall–Kier alpha value is -4.61. The van der Waals surface area contributed by atoms with E-state index in [-0.39, 0.29) is 18.1 Å². The lowest BCUT2D eigenvalue weighted by Gasteiger charge is -2.30. The van der Waals surface area contributed by atoms with Crippen LogP contribution in [-0.4, -0.2) is 24.5 Å². The molecule has 0 saturated heterocycles. The maximum absolute atomic E-state index is 13.6. The van der Waals surface area contributed by atoms with Crippen LogP contribution in [0.5, 0.6) is 0 Å². The summed E-state index contributed by atoms with van der Waals surface area (Å²) in [6.07, 6.45) is 1.48. The Labute approximate surface area is 230 Å². The Bertz CT molecular complexity index is 1540. The molecule has 2 heterocycles. The van der Waals surface area contributed by atoms with E-state index in [4.69, 9.17) is 16.3 Å². The van der Waals surface area contributed by atoms with Gasteiger partial charge < -0.3 is 20.7 Å². The number of halogens is 1. The maximum Gasteiger partial charge on any atom is 0.338 e. The number of aryl methyl sites for hydroxylation is 1. The van der Waals surface area contributed by atoms with Crippen molar-refractivity contribution in [1.29, 1.82) is 5.26 Å². The fourth-order valence-electron chi connectivity index (χ4n) is 4.85. The fourth-order valence-corrected chi connectivity index (χ4v) is 5.08. The van der Waals surface area contributed by atoms with Gasteiger partial charge in [-0.2, -0.15) is 5.26 Å². The molecule has 3 aromatic rings. The molecule has 3 amide bonds. The number of benzene rings is 3. The van der Waals surface area contributed by atoms with Gasteiger partial charge in [-0.15, -0.1) is 0 Å². The topological polar surface area (TPSA) is 120 Å². The van der Waals surface area contributed by atoms with Crippen LogP contribution in [0.4, 0.5) is 4.79 Å². The van der Waals surface area contributed by atoms with E-state index in [0.29, 0.717) is 58.8 Å². The Kier molecular flexibility index (Phi) is 7.62. The molecule has 1 unspecified atom stereocenters. The van der Waals surface area contributed by atoms with Gasteiger partial charge in [0, 0.05) is 22.8 Å². The molecule has 2 aliphatic rings. The molecular formula is C30H25ClN4O4. The van der Waals surface area contributed by atoms with E-state index in [1.54, 1.807) is 42.5 Å². The van der Waals surface area contributed by atoms with Crippen molar-refractivity contribution in [3.63, 3.8) is 0 Å². The van der Waals surface area contributed by atoms with E-state index in [0.717, 1.165) is 11.1 Å². The zero-order valence-electron chi connectivity index (χ0n) is 20.9. The maximum atomic E-state index is 13.6. The summed E-state index contributed by atoms with van der Waals surface area (Å²) in [5, 5.41) is 18.3. The highest BCUT2D eigenvalue weighted by Gasteiger charge is 2.34. The number of amides is 3. The molecule has 5 rings (SSSR count). The molecule has 0 aliphatic carbocycles. The summed E-state index contributed by atoms with van der Waals surface area (Å²) >= 11 is 6.35. The van der Waals surface area contributed by atoms with Crippen LogP contribution in [-0.2, 0) is 29.0 Å². The standard InChI is InChI=1S/C30H25ClN4O4/c31-24-7-2-1-6-20(24)9-11-25-26(29(37)39-17-19-5-3-4-18(14-19)16-32)27(35-30(38)34-25)22-8-10-23-21(15-22)12-13-33-28(23)36/h1-8,10,14-15,27H,9,11-13,17H2,(H,33,36)(H2,34,35,38). The summed E-state index contributed by atoms with van der Waals surface area (Å²) in [6.45, 7) is 0.476. The molecule has 0 radical (unpaired) electrons. The van der Waals surface area contributed by atoms with Crippen molar-refractivity contribution in [2.75, 3.05) is 6.54 Å². The van der Waals surface area contributed by atoms with E-state index < -0.39 is 18.0 Å². The zero-order valence-corrected chi connectivity index (χ0v) is 21.7. The minimum absolute atomic E-state index is 0.0410. The van der Waals surface area contributed by atoms with Crippen molar-refractivity contribution in [3.05, 3.63) is 116 Å². The molecule has 196 valence electrons. The molecule has 0 bridgehead atoms. The van der Waals surface area contributed by atoms with Crippen LogP contribution in [0.3, 0.4) is 0 Å². The number of ether oxygens (including phenoxy) is 1. The Balaban J connectivity index is 1.49. The molecule has 0 aromatic heterocycles. The first-order valence-corrected chi connectivity index (χ1v) is 12.9. The molecule has 39 heavy (non-hydrogen) atoms. The number of fused-ring (bicyclic) bond motifs is 1. The average molecular weight is 541 g/mol. The number of nitrogens with one attached hydrogen (secondary N) is 3. The lowest BCUT2D eigenvalue weighted by atomic mass is 9.89. The molecule has 8 nitrogen and oxygen atoms in total. The normalized spacial score (nSPS) is 16.4. The Morgan fingerprint density at radius 3 is 2.72 bits per heavy atom. The van der Waals surface area contributed by atoms with E-state index in [1.807, 2.05) is 24.3 Å². The van der Waals surface area contributed by atoms with Crippen molar-refractivity contribution in [3.8, 4) is 6.07 Å². The van der Waals surface area contributed by atoms with Crippen LogP contribution in [0.2, 0.25) is 5.02 Å². The van der Waals surface area contributed by atoms with E-state index >= 15 is 0 Å². The first-order chi connectivity index (χ1) is 18.9. The molecule has 0 fully saturated rings. The molecule has 2 aliphatic heterocycles. The van der Waals surface area contributed by atoms with Gasteiger partial charge in [-0.25, -0.2) is 9.59 Å². The van der Waals surface area contributed by atoms with Gasteiger partial charge in [0.2, 0.25) is 0 Å². The van der Waals surface area contributed by atoms with Crippen molar-refractivity contribution in [2.45, 2.75) is 31.9 Å². The van der Waals surface area contributed by atoms with Crippen LogP contribution in [0.25, 0.3) is 0 Å². The SMILES string of the molecule is N#Cc1cccc(COC(=O)C2=C(CCc3ccccc3Cl)NC(=O)NC2c2ccc3c(c2)CCNC3=O)c1. The summed E-state index contributed by atoms with van der Waals surface area (Å²) in [4.78, 5) is 38.6. The van der Waals surface area contributed by atoms with Crippen molar-refractivity contribution in [1.82, 2.24) is 16.0 Å². The molecule has 3 aromatic carbocycles. The first-order valence-electron chi connectivity index (χ1n) is 12.5. The monoisotopic (exact) mass is 540 g/mol. The highest BCUT2D eigenvalue weighted by atomic mass is 35.5. The summed E-state index contributed by atoms with van der Waals surface area (Å²) in [6, 6.07) is 20.4. The molecular weight excluding hydrogens is 516 g/mol. The van der Waals surface area contributed by atoms with E-state index in [2.05, 4.69) is 22.0 Å². The molecule has 0 spiro atoms. The van der Waals surface area contributed by atoms with E-state index in [9.17, 15) is 19.6 Å². The average Bonchev–Trinajstić information content (AvgIpc) is 2.95. The number of nitrogens with zero attached hydrogens (tertiary/aromatic N) is 1. The first kappa shape index (κ1) is 26.0. The number of allylic oxidation sites excluding steroid dienone is 1. The largest absolute Gasteiger partial charge is 0.457 e. The van der Waals surface area contributed by atoms with Gasteiger partial charge in [0.05, 0.1) is 23.2 Å². The number of esters is 1. The highest BCUT2D eigenvalue weighted by molar-refractivity contribution is 6.31. The van der Waals surface area contributed by atoms with Gasteiger partial charge in [0.25, 0.3) is 5.91 Å². The van der Waals surface area contributed by atoms with Crippen LogP contribution in [0.15, 0.2) is 78.0 Å². The quantitative estimate of drug-likeness (QED) is 0.382. The lowest BCUT2D eigenvalue weighted by Crippen LogP contribution is -2.46. The van der Waals surface area contributed by atoms with E-state index in [1.165, 1.54) is 0 Å². The van der Waals surface area contributed by atoms with Gasteiger partial charge in [0.1, 0.15) is 6.61 Å². The van der Waals surface area contributed by atoms with Crippen LogP contribution in [0.1, 0.15) is 50.6 Å². The lowest BCUT2D eigenvalue weighted by molar-refractivity contribution is -0.140. The third kappa shape index (κ3) is 5.79. The zero-order chi connectivity index (χ0) is 27.4. The number of nitriles is 1. The summed E-state index contributed by atoms with van der Waals surface area (Å²) in [5.41, 5.74) is 4.84. The molecule has 0 saturated carbocycles. The number of carbonyl (C=O) groups is 3. The Morgan fingerprint density at radius 2 is 1.90 bits per heavy atom. The minimum Gasteiger partial charge on any atom is -0.457 e.